The van der Waals surface area contributed by atoms with Crippen LogP contribution in [-0.4, -0.2) is 18.8 Å². The van der Waals surface area contributed by atoms with Gasteiger partial charge in [0.25, 0.3) is 0 Å². The van der Waals surface area contributed by atoms with Crippen molar-refractivity contribution in [3.63, 3.8) is 0 Å². The molecule has 3 heteroatoms. The van der Waals surface area contributed by atoms with Gasteiger partial charge in [0.05, 0.1) is 12.9 Å². The second-order valence-electron chi connectivity index (χ2n) is 4.95. The first-order valence-corrected chi connectivity index (χ1v) is 7.98. The fraction of sp³-hybridized carbons (Fsp3) is 0.167. The number of thioether (sulfide) groups is 1. The predicted octanol–water partition coefficient (Wildman–Crippen LogP) is 4.40. The molecule has 3 aromatic carbocycles. The summed E-state index contributed by atoms with van der Waals surface area (Å²) in [6, 6.07) is 19.3. The van der Waals surface area contributed by atoms with Crippen LogP contribution in [0.5, 0.6) is 0 Å². The van der Waals surface area contributed by atoms with E-state index in [4.69, 9.17) is 0 Å². The summed E-state index contributed by atoms with van der Waals surface area (Å²) in [6.07, 6.45) is 0. The lowest BCUT2D eigenvalue weighted by atomic mass is 10.0. The van der Waals surface area contributed by atoms with E-state index < -0.39 is 0 Å². The molecule has 2 nitrogen and oxygen atoms in total. The van der Waals surface area contributed by atoms with Gasteiger partial charge in [-0.1, -0.05) is 42.5 Å². The van der Waals surface area contributed by atoms with Gasteiger partial charge in [-0.25, -0.2) is 0 Å². The van der Waals surface area contributed by atoms with Crippen molar-refractivity contribution in [2.75, 3.05) is 12.9 Å². The Kier molecular flexibility index (Phi) is 4.11. The summed E-state index contributed by atoms with van der Waals surface area (Å²) in [7, 11) is 1.42. The van der Waals surface area contributed by atoms with Gasteiger partial charge in [0.15, 0.2) is 0 Å². The van der Waals surface area contributed by atoms with Crippen molar-refractivity contribution in [3.8, 4) is 0 Å². The molecule has 0 aromatic heterocycles. The molecule has 0 atom stereocenters. The lowest BCUT2D eigenvalue weighted by Gasteiger charge is -2.06. The zero-order valence-electron chi connectivity index (χ0n) is 11.8. The molecule has 0 aliphatic heterocycles. The molecule has 0 spiro atoms. The molecular formula is C18H16O2S. The summed E-state index contributed by atoms with van der Waals surface area (Å²) >= 11 is 1.58. The van der Waals surface area contributed by atoms with Crippen molar-refractivity contribution in [2.24, 2.45) is 0 Å². The molecular weight excluding hydrogens is 280 g/mol. The monoisotopic (exact) mass is 296 g/mol. The van der Waals surface area contributed by atoms with Crippen molar-refractivity contribution in [1.82, 2.24) is 0 Å². The number of fused-ring (bicyclic) bond motifs is 2. The minimum Gasteiger partial charge on any atom is -0.468 e. The van der Waals surface area contributed by atoms with Crippen molar-refractivity contribution in [1.29, 1.82) is 0 Å². The van der Waals surface area contributed by atoms with E-state index in [0.717, 1.165) is 5.75 Å². The van der Waals surface area contributed by atoms with E-state index in [-0.39, 0.29) is 5.97 Å². The summed E-state index contributed by atoms with van der Waals surface area (Å²) in [5, 5.41) is 5.00. The van der Waals surface area contributed by atoms with Gasteiger partial charge in [0.1, 0.15) is 0 Å². The Morgan fingerprint density at radius 1 is 0.952 bits per heavy atom. The molecule has 0 N–H and O–H groups in total. The highest BCUT2D eigenvalue weighted by Gasteiger charge is 2.03. The number of hydrogen-bond donors (Lipinski definition) is 0. The number of carbonyl (C=O) groups is 1. The summed E-state index contributed by atoms with van der Waals surface area (Å²) in [4.78, 5) is 11.1. The Bertz CT molecular complexity index is 795. The molecule has 3 aromatic rings. The first kappa shape index (κ1) is 14.0. The molecule has 0 aliphatic carbocycles. The van der Waals surface area contributed by atoms with Crippen LogP contribution in [-0.2, 0) is 15.3 Å². The van der Waals surface area contributed by atoms with Gasteiger partial charge in [-0.2, -0.15) is 0 Å². The first-order valence-electron chi connectivity index (χ1n) is 6.82. The normalized spacial score (nSPS) is 10.9. The Labute approximate surface area is 128 Å². The maximum atomic E-state index is 11.1. The average Bonchev–Trinajstić information content (AvgIpc) is 2.52. The number of ether oxygens (including phenoxy) is 1. The van der Waals surface area contributed by atoms with Gasteiger partial charge in [0, 0.05) is 5.75 Å². The molecule has 3 rings (SSSR count). The molecule has 0 aliphatic rings. The van der Waals surface area contributed by atoms with Crippen LogP contribution in [0.1, 0.15) is 5.56 Å². The third-order valence-corrected chi connectivity index (χ3v) is 4.46. The maximum absolute atomic E-state index is 11.1. The maximum Gasteiger partial charge on any atom is 0.315 e. The Balaban J connectivity index is 1.85. The van der Waals surface area contributed by atoms with E-state index in [1.165, 1.54) is 34.2 Å². The van der Waals surface area contributed by atoms with Crippen molar-refractivity contribution >= 4 is 39.3 Å². The average molecular weight is 296 g/mol. The summed E-state index contributed by atoms with van der Waals surface area (Å²) < 4.78 is 4.65. The molecule has 0 bridgehead atoms. The summed E-state index contributed by atoms with van der Waals surface area (Å²) in [5.41, 5.74) is 1.23. The van der Waals surface area contributed by atoms with Crippen LogP contribution >= 0.6 is 11.8 Å². The third kappa shape index (κ3) is 3.19. The number of hydrogen-bond acceptors (Lipinski definition) is 3. The molecule has 106 valence electrons. The third-order valence-electron chi connectivity index (χ3n) is 3.49. The van der Waals surface area contributed by atoms with Crippen LogP contribution in [0.4, 0.5) is 0 Å². The zero-order valence-corrected chi connectivity index (χ0v) is 12.7. The molecule has 0 saturated carbocycles. The lowest BCUT2D eigenvalue weighted by molar-refractivity contribution is -0.137. The first-order chi connectivity index (χ1) is 10.3. The van der Waals surface area contributed by atoms with Crippen LogP contribution in [0.15, 0.2) is 54.6 Å². The van der Waals surface area contributed by atoms with Crippen LogP contribution in [0.25, 0.3) is 21.5 Å². The van der Waals surface area contributed by atoms with Gasteiger partial charge in [-0.3, -0.25) is 4.79 Å². The fourth-order valence-corrected chi connectivity index (χ4v) is 3.19. The van der Waals surface area contributed by atoms with E-state index in [1.807, 2.05) is 0 Å². The number of benzene rings is 3. The highest BCUT2D eigenvalue weighted by molar-refractivity contribution is 7.99. The van der Waals surface area contributed by atoms with Crippen molar-refractivity contribution < 1.29 is 9.53 Å². The van der Waals surface area contributed by atoms with Gasteiger partial charge in [-0.05, 0) is 39.2 Å². The van der Waals surface area contributed by atoms with Crippen molar-refractivity contribution in [2.45, 2.75) is 5.75 Å². The van der Waals surface area contributed by atoms with Gasteiger partial charge in [-0.15, -0.1) is 11.8 Å². The van der Waals surface area contributed by atoms with E-state index in [9.17, 15) is 4.79 Å². The van der Waals surface area contributed by atoms with Gasteiger partial charge >= 0.3 is 5.97 Å². The zero-order chi connectivity index (χ0) is 14.7. The van der Waals surface area contributed by atoms with E-state index in [2.05, 4.69) is 59.3 Å². The molecule has 21 heavy (non-hydrogen) atoms. The lowest BCUT2D eigenvalue weighted by Crippen LogP contribution is -2.03. The molecule has 0 radical (unpaired) electrons. The molecule has 0 saturated heterocycles. The summed E-state index contributed by atoms with van der Waals surface area (Å²) in [5.74, 6) is 1.04. The Morgan fingerprint density at radius 3 is 2.33 bits per heavy atom. The number of carbonyl (C=O) groups excluding carboxylic acids is 1. The quantitative estimate of drug-likeness (QED) is 0.527. The number of rotatable bonds is 4. The van der Waals surface area contributed by atoms with E-state index >= 15 is 0 Å². The second-order valence-corrected chi connectivity index (χ2v) is 5.94. The van der Waals surface area contributed by atoms with Crippen LogP contribution < -0.4 is 0 Å². The largest absolute Gasteiger partial charge is 0.468 e. The van der Waals surface area contributed by atoms with Crippen LogP contribution in [0.3, 0.4) is 0 Å². The van der Waals surface area contributed by atoms with Crippen molar-refractivity contribution in [3.05, 3.63) is 60.2 Å². The minimum atomic E-state index is -0.174. The van der Waals surface area contributed by atoms with Crippen LogP contribution in [0.2, 0.25) is 0 Å². The highest BCUT2D eigenvalue weighted by Crippen LogP contribution is 2.25. The fourth-order valence-electron chi connectivity index (χ4n) is 2.39. The molecule has 0 unspecified atom stereocenters. The molecule has 0 fully saturated rings. The number of esters is 1. The summed E-state index contributed by atoms with van der Waals surface area (Å²) in [6.45, 7) is 0. The van der Waals surface area contributed by atoms with Crippen LogP contribution in [0, 0.1) is 0 Å². The van der Waals surface area contributed by atoms with E-state index in [1.54, 1.807) is 11.8 Å². The smallest absolute Gasteiger partial charge is 0.315 e. The highest BCUT2D eigenvalue weighted by atomic mass is 32.2. The standard InChI is InChI=1S/C18H16O2S/c1-20-18(19)12-21-11-13-6-7-16-9-14-4-2-3-5-15(14)10-17(16)8-13/h2-10H,11-12H2,1H3. The van der Waals surface area contributed by atoms with Gasteiger partial charge in [0.2, 0.25) is 0 Å². The molecule has 0 heterocycles. The Morgan fingerprint density at radius 2 is 1.62 bits per heavy atom. The minimum absolute atomic E-state index is 0.174. The van der Waals surface area contributed by atoms with E-state index in [0.29, 0.717) is 5.75 Å². The topological polar surface area (TPSA) is 26.3 Å². The van der Waals surface area contributed by atoms with Gasteiger partial charge < -0.3 is 4.74 Å². The molecule has 0 amide bonds. The second kappa shape index (κ2) is 6.19. The number of methoxy groups -OCH3 is 1. The SMILES string of the molecule is COC(=O)CSCc1ccc2cc3ccccc3cc2c1. The predicted molar refractivity (Wildman–Crippen MR) is 89.6 cm³/mol. The Hall–Kier alpha value is -2.00.